The van der Waals surface area contributed by atoms with E-state index in [1.165, 1.54) is 17.7 Å². The fourth-order valence-electron chi connectivity index (χ4n) is 4.00. The van der Waals surface area contributed by atoms with Gasteiger partial charge in [0.05, 0.1) is 0 Å². The van der Waals surface area contributed by atoms with Gasteiger partial charge in [-0.25, -0.2) is 4.79 Å². The summed E-state index contributed by atoms with van der Waals surface area (Å²) in [7, 11) is 2.19. The summed E-state index contributed by atoms with van der Waals surface area (Å²) in [6, 6.07) is 1.08. The maximum Gasteiger partial charge on any atom is 0.325 e. The summed E-state index contributed by atoms with van der Waals surface area (Å²) in [5, 5.41) is 2.73. The van der Waals surface area contributed by atoms with Crippen molar-refractivity contribution in [1.29, 1.82) is 0 Å². The second-order valence-corrected chi connectivity index (χ2v) is 7.21. The van der Waals surface area contributed by atoms with E-state index < -0.39 is 5.54 Å². The van der Waals surface area contributed by atoms with E-state index in [1.807, 2.05) is 0 Å². The molecule has 3 aliphatic heterocycles. The molecule has 6 nitrogen and oxygen atoms in total. The Morgan fingerprint density at radius 3 is 2.29 bits per heavy atom. The molecule has 118 valence electrons. The molecule has 6 heteroatoms. The van der Waals surface area contributed by atoms with Crippen LogP contribution in [0.1, 0.15) is 33.1 Å². The Kier molecular flexibility index (Phi) is 3.69. The number of nitrogens with zero attached hydrogens (tertiary/aromatic N) is 3. The molecule has 2 atom stereocenters. The summed E-state index contributed by atoms with van der Waals surface area (Å²) in [5.41, 5.74) is -0.746. The van der Waals surface area contributed by atoms with Gasteiger partial charge in [0, 0.05) is 38.3 Å². The number of rotatable bonds is 4. The van der Waals surface area contributed by atoms with E-state index >= 15 is 0 Å². The van der Waals surface area contributed by atoms with E-state index in [9.17, 15) is 9.59 Å². The van der Waals surface area contributed by atoms with Crippen molar-refractivity contribution in [1.82, 2.24) is 20.0 Å². The molecule has 0 saturated carbocycles. The zero-order chi connectivity index (χ0) is 15.2. The van der Waals surface area contributed by atoms with Crippen molar-refractivity contribution >= 4 is 11.9 Å². The van der Waals surface area contributed by atoms with Crippen molar-refractivity contribution in [2.75, 3.05) is 33.2 Å². The maximum absolute atomic E-state index is 12.1. The summed E-state index contributed by atoms with van der Waals surface area (Å²) in [5.74, 6) is -0.103. The second-order valence-electron chi connectivity index (χ2n) is 7.21. The van der Waals surface area contributed by atoms with Crippen molar-refractivity contribution in [3.8, 4) is 0 Å². The summed E-state index contributed by atoms with van der Waals surface area (Å²) in [4.78, 5) is 30.3. The van der Waals surface area contributed by atoms with Gasteiger partial charge in [0.25, 0.3) is 5.91 Å². The molecule has 0 aromatic rings. The highest BCUT2D eigenvalue weighted by atomic mass is 16.2. The van der Waals surface area contributed by atoms with E-state index in [4.69, 9.17) is 0 Å². The normalized spacial score (nSPS) is 32.8. The Bertz CT molecular complexity index is 437. The van der Waals surface area contributed by atoms with Gasteiger partial charge >= 0.3 is 6.03 Å². The van der Waals surface area contributed by atoms with Crippen LogP contribution in [0.4, 0.5) is 4.79 Å². The first-order valence-corrected chi connectivity index (χ1v) is 7.97. The fourth-order valence-corrected chi connectivity index (χ4v) is 4.00. The lowest BCUT2D eigenvalue weighted by Gasteiger charge is -2.39. The topological polar surface area (TPSA) is 55.9 Å². The Hall–Kier alpha value is -1.14. The number of imide groups is 1. The van der Waals surface area contributed by atoms with Gasteiger partial charge in [-0.2, -0.15) is 0 Å². The monoisotopic (exact) mass is 294 g/mol. The van der Waals surface area contributed by atoms with E-state index in [2.05, 4.69) is 22.2 Å². The SMILES string of the molecule is CN1CC2CCC(C1)N2CCCN1C(=O)NC(C)(C)C1=O. The zero-order valence-corrected chi connectivity index (χ0v) is 13.3. The highest BCUT2D eigenvalue weighted by Crippen LogP contribution is 2.29. The molecule has 3 aliphatic rings. The van der Waals surface area contributed by atoms with E-state index in [-0.39, 0.29) is 11.9 Å². The minimum atomic E-state index is -0.746. The average Bonchev–Trinajstić information content (AvgIpc) is 2.74. The number of nitrogens with one attached hydrogen (secondary N) is 1. The van der Waals surface area contributed by atoms with Gasteiger partial charge in [0.1, 0.15) is 5.54 Å². The number of likely N-dealkylation sites (tertiary alicyclic amines) is 1. The first-order chi connectivity index (χ1) is 9.88. The third-order valence-corrected chi connectivity index (χ3v) is 5.06. The van der Waals surface area contributed by atoms with Crippen LogP contribution in [0.15, 0.2) is 0 Å². The number of carbonyl (C=O) groups is 2. The molecule has 3 heterocycles. The van der Waals surface area contributed by atoms with Gasteiger partial charge in [0.2, 0.25) is 0 Å². The molecule has 0 aromatic carbocycles. The molecule has 0 aromatic heterocycles. The molecule has 3 saturated heterocycles. The third-order valence-electron chi connectivity index (χ3n) is 5.06. The zero-order valence-electron chi connectivity index (χ0n) is 13.3. The van der Waals surface area contributed by atoms with Crippen LogP contribution in [0.2, 0.25) is 0 Å². The smallest absolute Gasteiger partial charge is 0.324 e. The molecule has 2 bridgehead atoms. The van der Waals surface area contributed by atoms with Gasteiger partial charge in [-0.3, -0.25) is 14.6 Å². The van der Waals surface area contributed by atoms with Crippen molar-refractivity contribution in [2.24, 2.45) is 0 Å². The number of fused-ring (bicyclic) bond motifs is 2. The van der Waals surface area contributed by atoms with E-state index in [1.54, 1.807) is 13.8 Å². The summed E-state index contributed by atoms with van der Waals surface area (Å²) >= 11 is 0. The van der Waals surface area contributed by atoms with Gasteiger partial charge in [-0.05, 0) is 40.2 Å². The van der Waals surface area contributed by atoms with Crippen LogP contribution in [0.3, 0.4) is 0 Å². The van der Waals surface area contributed by atoms with Crippen LogP contribution < -0.4 is 5.32 Å². The van der Waals surface area contributed by atoms with Crippen molar-refractivity contribution in [3.63, 3.8) is 0 Å². The van der Waals surface area contributed by atoms with Crippen molar-refractivity contribution in [2.45, 2.75) is 50.7 Å². The van der Waals surface area contributed by atoms with Crippen LogP contribution >= 0.6 is 0 Å². The number of piperazine rings is 1. The molecule has 0 spiro atoms. The average molecular weight is 294 g/mol. The number of urea groups is 1. The van der Waals surface area contributed by atoms with Gasteiger partial charge in [-0.1, -0.05) is 0 Å². The molecule has 3 amide bonds. The summed E-state index contributed by atoms with van der Waals surface area (Å²) in [6.07, 6.45) is 3.43. The quantitative estimate of drug-likeness (QED) is 0.767. The Morgan fingerprint density at radius 2 is 1.76 bits per heavy atom. The molecular weight excluding hydrogens is 268 g/mol. The lowest BCUT2D eigenvalue weighted by molar-refractivity contribution is -0.130. The molecule has 0 aliphatic carbocycles. The number of likely N-dealkylation sites (N-methyl/N-ethyl adjacent to an activating group) is 1. The number of hydrogen-bond donors (Lipinski definition) is 1. The van der Waals surface area contributed by atoms with E-state index in [0.29, 0.717) is 18.6 Å². The molecule has 3 fully saturated rings. The number of carbonyl (C=O) groups excluding carboxylic acids is 2. The Balaban J connectivity index is 1.51. The summed E-state index contributed by atoms with van der Waals surface area (Å²) < 4.78 is 0. The maximum atomic E-state index is 12.1. The molecule has 1 N–H and O–H groups in total. The minimum Gasteiger partial charge on any atom is -0.324 e. The predicted molar refractivity (Wildman–Crippen MR) is 80.0 cm³/mol. The fraction of sp³-hybridized carbons (Fsp3) is 0.867. The highest BCUT2D eigenvalue weighted by molar-refractivity contribution is 6.06. The second kappa shape index (κ2) is 5.25. The lowest BCUT2D eigenvalue weighted by Crippen LogP contribution is -2.52. The summed E-state index contributed by atoms with van der Waals surface area (Å²) in [6.45, 7) is 7.32. The van der Waals surface area contributed by atoms with Gasteiger partial charge in [0.15, 0.2) is 0 Å². The highest BCUT2D eigenvalue weighted by Gasteiger charge is 2.44. The minimum absolute atomic E-state index is 0.103. The Morgan fingerprint density at radius 1 is 1.14 bits per heavy atom. The Labute approximate surface area is 126 Å². The molecule has 0 radical (unpaired) electrons. The molecule has 3 rings (SSSR count). The van der Waals surface area contributed by atoms with Gasteiger partial charge < -0.3 is 10.2 Å². The van der Waals surface area contributed by atoms with Crippen LogP contribution in [0.5, 0.6) is 0 Å². The lowest BCUT2D eigenvalue weighted by atomic mass is 10.1. The van der Waals surface area contributed by atoms with Crippen LogP contribution in [-0.2, 0) is 4.79 Å². The number of hydrogen-bond acceptors (Lipinski definition) is 4. The van der Waals surface area contributed by atoms with Crippen molar-refractivity contribution in [3.05, 3.63) is 0 Å². The van der Waals surface area contributed by atoms with Crippen molar-refractivity contribution < 1.29 is 9.59 Å². The largest absolute Gasteiger partial charge is 0.325 e. The standard InChI is InChI=1S/C15H26N4O2/c1-15(2)13(20)19(14(21)16-15)8-4-7-18-11-5-6-12(18)10-17(3)9-11/h11-12H,4-10H2,1-3H3,(H,16,21). The predicted octanol–water partition coefficient (Wildman–Crippen LogP) is 0.485. The molecule has 21 heavy (non-hydrogen) atoms. The molecular formula is C15H26N4O2. The number of amides is 3. The first-order valence-electron chi connectivity index (χ1n) is 7.97. The van der Waals surface area contributed by atoms with Gasteiger partial charge in [-0.15, -0.1) is 0 Å². The third kappa shape index (κ3) is 2.66. The van der Waals surface area contributed by atoms with E-state index in [0.717, 1.165) is 26.1 Å². The molecule has 2 unspecified atom stereocenters. The van der Waals surface area contributed by atoms with Crippen LogP contribution in [0.25, 0.3) is 0 Å². The van der Waals surface area contributed by atoms with Crippen LogP contribution in [-0.4, -0.2) is 77.5 Å². The first kappa shape index (κ1) is 14.8. The van der Waals surface area contributed by atoms with Crippen LogP contribution in [0, 0.1) is 0 Å².